The summed E-state index contributed by atoms with van der Waals surface area (Å²) in [7, 11) is 0. The minimum atomic E-state index is -0.492. The van der Waals surface area contributed by atoms with E-state index in [2.05, 4.69) is 21.0 Å². The van der Waals surface area contributed by atoms with Gasteiger partial charge in [-0.1, -0.05) is 0 Å². The molecule has 0 bridgehead atoms. The van der Waals surface area contributed by atoms with Gasteiger partial charge in [0.2, 0.25) is 0 Å². The maximum atomic E-state index is 10.8. The fraction of sp³-hybridized carbons (Fsp3) is 0.333. The molecule has 1 aromatic rings. The van der Waals surface area contributed by atoms with Crippen LogP contribution in [0.3, 0.4) is 0 Å². The van der Waals surface area contributed by atoms with Gasteiger partial charge in [-0.25, -0.2) is 4.79 Å². The van der Waals surface area contributed by atoms with Crippen LogP contribution in [0.15, 0.2) is 6.07 Å². The van der Waals surface area contributed by atoms with Crippen molar-refractivity contribution in [2.75, 3.05) is 6.61 Å². The molecule has 0 radical (unpaired) electrons. The van der Waals surface area contributed by atoms with Crippen molar-refractivity contribution in [3.05, 3.63) is 16.6 Å². The molecule has 0 saturated heterocycles. The molecule has 0 aliphatic carbocycles. The molecule has 0 N–H and O–H groups in total. The molecule has 0 atom stereocenters. The number of esters is 1. The van der Waals surface area contributed by atoms with Gasteiger partial charge in [0.05, 0.1) is 17.2 Å². The van der Waals surface area contributed by atoms with Crippen LogP contribution in [0.25, 0.3) is 0 Å². The van der Waals surface area contributed by atoms with Gasteiger partial charge in [-0.2, -0.15) is 4.37 Å². The number of carbonyl (C=O) groups is 1. The van der Waals surface area contributed by atoms with Crippen LogP contribution in [-0.2, 0) is 9.53 Å². The highest BCUT2D eigenvalue weighted by Gasteiger charge is 1.95. The zero-order valence-electron chi connectivity index (χ0n) is 7.46. The molecule has 0 fully saturated rings. The second kappa shape index (κ2) is 4.63. The van der Waals surface area contributed by atoms with Gasteiger partial charge in [-0.15, -0.1) is 0 Å². The van der Waals surface area contributed by atoms with E-state index in [1.165, 1.54) is 11.5 Å². The number of aryl methyl sites for hydroxylation is 1. The van der Waals surface area contributed by atoms with E-state index in [-0.39, 0.29) is 0 Å². The normalized spacial score (nSPS) is 8.77. The lowest BCUT2D eigenvalue weighted by molar-refractivity contribution is -0.136. The second-order valence-corrected chi connectivity index (χ2v) is 3.11. The lowest BCUT2D eigenvalue weighted by Crippen LogP contribution is -1.99. The van der Waals surface area contributed by atoms with Gasteiger partial charge in [-0.3, -0.25) is 0 Å². The first-order valence-corrected chi connectivity index (χ1v) is 4.62. The first-order valence-electron chi connectivity index (χ1n) is 3.84. The standard InChI is InChI=1S/C9H9NO2S/c1-3-12-9(11)5-4-8-6-7(2)10-13-8/h6H,3H2,1-2H3. The Hall–Kier alpha value is -1.34. The summed E-state index contributed by atoms with van der Waals surface area (Å²) in [5.74, 6) is 4.56. The third-order valence-electron chi connectivity index (χ3n) is 1.19. The van der Waals surface area contributed by atoms with Crippen LogP contribution in [0.4, 0.5) is 0 Å². The van der Waals surface area contributed by atoms with Gasteiger partial charge < -0.3 is 4.74 Å². The van der Waals surface area contributed by atoms with E-state index in [4.69, 9.17) is 0 Å². The van der Waals surface area contributed by atoms with Crippen LogP contribution >= 0.6 is 11.5 Å². The lowest BCUT2D eigenvalue weighted by Gasteiger charge is -1.89. The quantitative estimate of drug-likeness (QED) is 0.502. The summed E-state index contributed by atoms with van der Waals surface area (Å²) in [4.78, 5) is 11.6. The fourth-order valence-corrected chi connectivity index (χ4v) is 1.32. The molecule has 1 heterocycles. The number of carbonyl (C=O) groups excluding carboxylic acids is 1. The molecule has 0 spiro atoms. The van der Waals surface area contributed by atoms with Gasteiger partial charge in [0, 0.05) is 5.92 Å². The van der Waals surface area contributed by atoms with Crippen molar-refractivity contribution in [2.24, 2.45) is 0 Å². The van der Waals surface area contributed by atoms with Crippen LogP contribution in [0, 0.1) is 18.8 Å². The molecule has 0 amide bonds. The molecule has 4 heteroatoms. The topological polar surface area (TPSA) is 39.2 Å². The van der Waals surface area contributed by atoms with E-state index in [1.807, 2.05) is 13.0 Å². The Balaban J connectivity index is 2.62. The smallest absolute Gasteiger partial charge is 0.384 e. The largest absolute Gasteiger partial charge is 0.456 e. The molecule has 0 aromatic carbocycles. The number of hydrogen-bond acceptors (Lipinski definition) is 4. The summed E-state index contributed by atoms with van der Waals surface area (Å²) in [6.45, 7) is 3.98. The maximum absolute atomic E-state index is 10.8. The molecular formula is C9H9NO2S. The summed E-state index contributed by atoms with van der Waals surface area (Å²) in [5, 5.41) is 0. The van der Waals surface area contributed by atoms with Crippen molar-refractivity contribution < 1.29 is 9.53 Å². The van der Waals surface area contributed by atoms with Gasteiger partial charge in [-0.05, 0) is 37.4 Å². The highest BCUT2D eigenvalue weighted by Crippen LogP contribution is 2.06. The molecule has 0 saturated carbocycles. The van der Waals surface area contributed by atoms with Gasteiger partial charge >= 0.3 is 5.97 Å². The molecular weight excluding hydrogens is 186 g/mol. The maximum Gasteiger partial charge on any atom is 0.384 e. The molecule has 0 aliphatic rings. The first-order chi connectivity index (χ1) is 6.22. The van der Waals surface area contributed by atoms with E-state index in [0.717, 1.165) is 10.6 Å². The van der Waals surface area contributed by atoms with Gasteiger partial charge in [0.15, 0.2) is 0 Å². The van der Waals surface area contributed by atoms with E-state index >= 15 is 0 Å². The van der Waals surface area contributed by atoms with Gasteiger partial charge in [0.1, 0.15) is 0 Å². The SMILES string of the molecule is CCOC(=O)C#Cc1cc(C)ns1. The lowest BCUT2D eigenvalue weighted by atomic mass is 10.4. The first kappa shape index (κ1) is 9.75. The van der Waals surface area contributed by atoms with E-state index in [1.54, 1.807) is 6.92 Å². The van der Waals surface area contributed by atoms with Crippen LogP contribution in [-0.4, -0.2) is 16.9 Å². The minimum Gasteiger partial charge on any atom is -0.456 e. The number of hydrogen-bond donors (Lipinski definition) is 0. The summed E-state index contributed by atoms with van der Waals surface area (Å²) < 4.78 is 8.67. The average Bonchev–Trinajstić information content (AvgIpc) is 2.49. The van der Waals surface area contributed by atoms with Gasteiger partial charge in [0.25, 0.3) is 0 Å². The monoisotopic (exact) mass is 195 g/mol. The van der Waals surface area contributed by atoms with E-state index in [0.29, 0.717) is 6.61 Å². The number of aromatic nitrogens is 1. The van der Waals surface area contributed by atoms with Crippen LogP contribution in [0.2, 0.25) is 0 Å². The number of rotatable bonds is 1. The van der Waals surface area contributed by atoms with E-state index < -0.39 is 5.97 Å². The molecule has 0 aliphatic heterocycles. The molecule has 1 rings (SSSR count). The predicted octanol–water partition coefficient (Wildman–Crippen LogP) is 1.37. The molecule has 1 aromatic heterocycles. The molecule has 13 heavy (non-hydrogen) atoms. The number of ether oxygens (including phenoxy) is 1. The van der Waals surface area contributed by atoms with Crippen LogP contribution in [0.1, 0.15) is 17.5 Å². The highest BCUT2D eigenvalue weighted by molar-refractivity contribution is 7.06. The Morgan fingerprint density at radius 3 is 3.08 bits per heavy atom. The Morgan fingerprint density at radius 2 is 2.54 bits per heavy atom. The van der Waals surface area contributed by atoms with Crippen molar-refractivity contribution in [1.82, 2.24) is 4.37 Å². The Morgan fingerprint density at radius 1 is 1.77 bits per heavy atom. The summed E-state index contributed by atoms with van der Waals surface area (Å²) in [6.07, 6.45) is 0. The highest BCUT2D eigenvalue weighted by atomic mass is 32.1. The van der Waals surface area contributed by atoms with Crippen molar-refractivity contribution in [3.8, 4) is 11.8 Å². The third kappa shape index (κ3) is 3.26. The minimum absolute atomic E-state index is 0.356. The summed E-state index contributed by atoms with van der Waals surface area (Å²) in [6, 6.07) is 1.83. The van der Waals surface area contributed by atoms with E-state index in [9.17, 15) is 4.79 Å². The van der Waals surface area contributed by atoms with Crippen LogP contribution in [0.5, 0.6) is 0 Å². The molecule has 3 nitrogen and oxygen atoms in total. The van der Waals surface area contributed by atoms with Crippen molar-refractivity contribution >= 4 is 17.5 Å². The average molecular weight is 195 g/mol. The fourth-order valence-electron chi connectivity index (χ4n) is 0.702. The Bertz CT molecular complexity index is 359. The number of nitrogens with zero attached hydrogens (tertiary/aromatic N) is 1. The summed E-state index contributed by atoms with van der Waals surface area (Å²) >= 11 is 1.28. The summed E-state index contributed by atoms with van der Waals surface area (Å²) in [5.41, 5.74) is 0.915. The van der Waals surface area contributed by atoms with Crippen molar-refractivity contribution in [1.29, 1.82) is 0 Å². The third-order valence-corrected chi connectivity index (χ3v) is 1.99. The molecule has 0 unspecified atom stereocenters. The zero-order valence-corrected chi connectivity index (χ0v) is 8.27. The Kier molecular flexibility index (Phi) is 3.47. The second-order valence-electron chi connectivity index (χ2n) is 2.30. The zero-order chi connectivity index (χ0) is 9.68. The predicted molar refractivity (Wildman–Crippen MR) is 50.4 cm³/mol. The molecule has 68 valence electrons. The van der Waals surface area contributed by atoms with Crippen LogP contribution < -0.4 is 0 Å². The van der Waals surface area contributed by atoms with Crippen molar-refractivity contribution in [2.45, 2.75) is 13.8 Å². The van der Waals surface area contributed by atoms with Crippen molar-refractivity contribution in [3.63, 3.8) is 0 Å². The Labute approximate surface area is 80.9 Å².